The Labute approximate surface area is 62.7 Å². The Morgan fingerprint density at radius 3 is 2.30 bits per heavy atom. The Bertz CT molecular complexity index is 210. The number of rotatable bonds is 3. The Morgan fingerprint density at radius 2 is 2.20 bits per heavy atom. The highest BCUT2D eigenvalue weighted by Crippen LogP contribution is 2.10. The van der Waals surface area contributed by atoms with E-state index < -0.39 is 16.8 Å². The number of aliphatic imine (C=N–C) groups is 1. The summed E-state index contributed by atoms with van der Waals surface area (Å²) >= 11 is 4.90. The molecule has 0 bridgehead atoms. The number of hydrogen-bond donors (Lipinski definition) is 0. The average molecular weight is 162 g/mol. The van der Waals surface area contributed by atoms with Crippen molar-refractivity contribution in [1.29, 1.82) is 0 Å². The van der Waals surface area contributed by atoms with Crippen LogP contribution in [0.25, 0.3) is 0 Å². The van der Waals surface area contributed by atoms with Crippen molar-refractivity contribution in [2.75, 3.05) is 0 Å². The van der Waals surface area contributed by atoms with Gasteiger partial charge in [-0.05, 0) is 24.4 Å². The zero-order valence-electron chi connectivity index (χ0n) is 5.10. The molecule has 0 fully saturated rings. The van der Waals surface area contributed by atoms with Crippen molar-refractivity contribution in [2.24, 2.45) is 4.99 Å². The third-order valence-electron chi connectivity index (χ3n) is 0.750. The van der Waals surface area contributed by atoms with Crippen LogP contribution in [0.4, 0.5) is 4.39 Å². The fourth-order valence-electron chi connectivity index (χ4n) is 0.328. The van der Waals surface area contributed by atoms with E-state index in [-0.39, 0.29) is 0 Å². The van der Waals surface area contributed by atoms with Gasteiger partial charge in [0.1, 0.15) is 0 Å². The van der Waals surface area contributed by atoms with Crippen molar-refractivity contribution in [1.82, 2.24) is 0 Å². The molecule has 0 unspecified atom stereocenters. The Morgan fingerprint density at radius 1 is 1.70 bits per heavy atom. The third-order valence-corrected chi connectivity index (χ3v) is 0.929. The van der Waals surface area contributed by atoms with Gasteiger partial charge in [0.15, 0.2) is 11.5 Å². The van der Waals surface area contributed by atoms with E-state index in [0.29, 0.717) is 0 Å². The summed E-state index contributed by atoms with van der Waals surface area (Å²) in [4.78, 5) is 13.3. The molecule has 0 aliphatic carbocycles. The molecule has 0 N–H and O–H groups in total. The predicted molar refractivity (Wildman–Crippen MR) is 38.7 cm³/mol. The van der Waals surface area contributed by atoms with E-state index in [1.54, 1.807) is 0 Å². The van der Waals surface area contributed by atoms with Gasteiger partial charge in [-0.1, -0.05) is 6.58 Å². The zero-order chi connectivity index (χ0) is 8.15. The van der Waals surface area contributed by atoms with Gasteiger partial charge in [-0.2, -0.15) is 0 Å². The minimum Gasteiger partial charge on any atom is -0.274 e. The molecular weight excluding hydrogens is 157 g/mol. The molecule has 0 aliphatic heterocycles. The van der Waals surface area contributed by atoms with Crippen LogP contribution in [0.1, 0.15) is 0 Å². The highest BCUT2D eigenvalue weighted by Gasteiger charge is 2.07. The molecule has 0 radical (unpaired) electrons. The van der Waals surface area contributed by atoms with Gasteiger partial charge in [0.05, 0.1) is 0 Å². The highest BCUT2D eigenvalue weighted by atomic mass is 35.5. The van der Waals surface area contributed by atoms with E-state index >= 15 is 0 Å². The number of carbonyl (C=O) groups is 1. The van der Waals surface area contributed by atoms with Gasteiger partial charge < -0.3 is 0 Å². The quantitative estimate of drug-likeness (QED) is 0.269. The number of carbonyl (C=O) groups excluding carboxylic acids is 1. The topological polar surface area (TPSA) is 29.4 Å². The van der Waals surface area contributed by atoms with E-state index in [1.165, 1.54) is 0 Å². The average Bonchev–Trinajstić information content (AvgIpc) is 1.88. The summed E-state index contributed by atoms with van der Waals surface area (Å²) in [6.45, 7) is 6.03. The Hall–Kier alpha value is -0.960. The standard InChI is InChI=1S/C6H5ClFNO/c1-3-4(8)5(9-2)6(7)10/h3H,1-2H2/b5-4+. The molecular formula is C6H5ClFNO. The summed E-state index contributed by atoms with van der Waals surface area (Å²) in [5.41, 5.74) is -0.503. The molecule has 0 atom stereocenters. The summed E-state index contributed by atoms with van der Waals surface area (Å²) in [5, 5.41) is -0.979. The van der Waals surface area contributed by atoms with Crippen LogP contribution in [0.5, 0.6) is 0 Å². The number of allylic oxidation sites excluding steroid dienone is 3. The molecule has 0 heterocycles. The second-order valence-electron chi connectivity index (χ2n) is 1.33. The van der Waals surface area contributed by atoms with Gasteiger partial charge in [0.2, 0.25) is 0 Å². The maximum absolute atomic E-state index is 12.4. The van der Waals surface area contributed by atoms with E-state index in [9.17, 15) is 9.18 Å². The first-order valence-electron chi connectivity index (χ1n) is 2.32. The predicted octanol–water partition coefficient (Wildman–Crippen LogP) is 1.82. The summed E-state index contributed by atoms with van der Waals surface area (Å²) in [6, 6.07) is 0. The maximum atomic E-state index is 12.4. The monoisotopic (exact) mass is 161 g/mol. The first-order chi connectivity index (χ1) is 4.63. The van der Waals surface area contributed by atoms with Crippen LogP contribution in [0.15, 0.2) is 29.2 Å². The number of nitrogens with zero attached hydrogens (tertiary/aromatic N) is 1. The van der Waals surface area contributed by atoms with Crippen LogP contribution in [0.3, 0.4) is 0 Å². The fraction of sp³-hybridized carbons (Fsp3) is 0. The molecule has 4 heteroatoms. The molecule has 0 aromatic carbocycles. The van der Waals surface area contributed by atoms with Gasteiger partial charge in [-0.15, -0.1) is 0 Å². The third kappa shape index (κ3) is 2.11. The van der Waals surface area contributed by atoms with Crippen molar-refractivity contribution in [3.05, 3.63) is 24.2 Å². The van der Waals surface area contributed by atoms with Crippen LogP contribution in [0, 0.1) is 0 Å². The molecule has 0 spiro atoms. The lowest BCUT2D eigenvalue weighted by atomic mass is 10.4. The van der Waals surface area contributed by atoms with Gasteiger partial charge in [-0.25, -0.2) is 4.39 Å². The first kappa shape index (κ1) is 9.04. The lowest BCUT2D eigenvalue weighted by Crippen LogP contribution is -1.91. The van der Waals surface area contributed by atoms with E-state index in [0.717, 1.165) is 6.08 Å². The van der Waals surface area contributed by atoms with Crippen molar-refractivity contribution in [3.8, 4) is 0 Å². The van der Waals surface area contributed by atoms with Crippen molar-refractivity contribution < 1.29 is 9.18 Å². The number of halogens is 2. The van der Waals surface area contributed by atoms with E-state index in [2.05, 4.69) is 18.3 Å². The molecule has 0 saturated carbocycles. The lowest BCUT2D eigenvalue weighted by molar-refractivity contribution is -0.108. The minimum atomic E-state index is -0.979. The second-order valence-corrected chi connectivity index (χ2v) is 1.68. The molecule has 0 aliphatic rings. The molecule has 0 amide bonds. The molecule has 0 saturated heterocycles. The molecule has 0 aromatic heterocycles. The van der Waals surface area contributed by atoms with Crippen LogP contribution in [-0.4, -0.2) is 12.0 Å². The summed E-state index contributed by atoms with van der Waals surface area (Å²) in [6.07, 6.45) is 0.838. The van der Waals surface area contributed by atoms with Crippen LogP contribution in [-0.2, 0) is 4.79 Å². The van der Waals surface area contributed by atoms with Crippen molar-refractivity contribution >= 4 is 23.6 Å². The second kappa shape index (κ2) is 3.95. The smallest absolute Gasteiger partial charge is 0.273 e. The fourth-order valence-corrected chi connectivity index (χ4v) is 0.478. The molecule has 2 nitrogen and oxygen atoms in total. The molecule has 0 aromatic rings. The van der Waals surface area contributed by atoms with Crippen LogP contribution < -0.4 is 0 Å². The van der Waals surface area contributed by atoms with E-state index in [4.69, 9.17) is 11.6 Å². The van der Waals surface area contributed by atoms with E-state index in [1.807, 2.05) is 0 Å². The van der Waals surface area contributed by atoms with Gasteiger partial charge >= 0.3 is 0 Å². The summed E-state index contributed by atoms with van der Waals surface area (Å²) in [7, 11) is 0. The van der Waals surface area contributed by atoms with Gasteiger partial charge in [0, 0.05) is 0 Å². The maximum Gasteiger partial charge on any atom is 0.273 e. The minimum absolute atomic E-state index is 0.503. The molecule has 54 valence electrons. The van der Waals surface area contributed by atoms with Crippen molar-refractivity contribution in [2.45, 2.75) is 0 Å². The highest BCUT2D eigenvalue weighted by molar-refractivity contribution is 6.67. The van der Waals surface area contributed by atoms with Crippen LogP contribution in [0.2, 0.25) is 0 Å². The SMILES string of the molecule is C=C/C(F)=C(\N=C)C(=O)Cl. The normalized spacial score (nSPS) is 11.8. The lowest BCUT2D eigenvalue weighted by Gasteiger charge is -1.90. The summed E-state index contributed by atoms with van der Waals surface area (Å²) in [5.74, 6) is -0.866. The van der Waals surface area contributed by atoms with Gasteiger partial charge in [0.25, 0.3) is 5.24 Å². The molecule has 0 rings (SSSR count). The van der Waals surface area contributed by atoms with Gasteiger partial charge in [-0.3, -0.25) is 9.79 Å². The Kier molecular flexibility index (Phi) is 3.57. The zero-order valence-corrected chi connectivity index (χ0v) is 5.86. The molecule has 10 heavy (non-hydrogen) atoms. The number of hydrogen-bond acceptors (Lipinski definition) is 2. The van der Waals surface area contributed by atoms with Crippen LogP contribution >= 0.6 is 11.6 Å². The Balaban J connectivity index is 4.79. The first-order valence-corrected chi connectivity index (χ1v) is 2.70. The van der Waals surface area contributed by atoms with Crippen molar-refractivity contribution in [3.63, 3.8) is 0 Å². The summed E-state index contributed by atoms with van der Waals surface area (Å²) < 4.78 is 12.4. The largest absolute Gasteiger partial charge is 0.274 e.